The number of nitrogens with two attached hydrogens (primary N) is 1. The molecule has 1 aromatic carbocycles. The predicted octanol–water partition coefficient (Wildman–Crippen LogP) is 0.799. The van der Waals surface area contributed by atoms with Crippen LogP contribution in [-0.2, 0) is 4.79 Å². The van der Waals surface area contributed by atoms with Gasteiger partial charge in [0.15, 0.2) is 5.75 Å². The molecule has 0 saturated heterocycles. The summed E-state index contributed by atoms with van der Waals surface area (Å²) >= 11 is 0. The number of carbonyl (C=O) groups excluding carboxylic acids is 1. The van der Waals surface area contributed by atoms with Gasteiger partial charge < -0.3 is 10.6 Å². The molecule has 1 aliphatic heterocycles. The van der Waals surface area contributed by atoms with Crippen LogP contribution in [0.25, 0.3) is 0 Å². The standard InChI is InChI=1S/C11H10N2O2/c1-2-4-7-10-8(12)5-3-6-9(10)15-13-11(7)14/h1,3,5-7H,4,12H2,(H,13,14). The van der Waals surface area contributed by atoms with Crippen LogP contribution in [0.4, 0.5) is 5.69 Å². The van der Waals surface area contributed by atoms with E-state index in [0.717, 1.165) is 0 Å². The van der Waals surface area contributed by atoms with Crippen molar-refractivity contribution < 1.29 is 9.63 Å². The number of fused-ring (bicyclic) bond motifs is 1. The van der Waals surface area contributed by atoms with Crippen molar-refractivity contribution in [1.82, 2.24) is 5.48 Å². The van der Waals surface area contributed by atoms with E-state index in [1.807, 2.05) is 0 Å². The van der Waals surface area contributed by atoms with Gasteiger partial charge in [0.1, 0.15) is 0 Å². The highest BCUT2D eigenvalue weighted by Crippen LogP contribution is 2.36. The number of hydrogen-bond donors (Lipinski definition) is 2. The molecular formula is C11H10N2O2. The largest absolute Gasteiger partial charge is 0.398 e. The summed E-state index contributed by atoms with van der Waals surface area (Å²) in [5.74, 6) is 2.36. The van der Waals surface area contributed by atoms with Gasteiger partial charge in [0.25, 0.3) is 5.91 Å². The van der Waals surface area contributed by atoms with E-state index in [2.05, 4.69) is 11.4 Å². The van der Waals surface area contributed by atoms with Gasteiger partial charge in [-0.05, 0) is 12.1 Å². The Labute approximate surface area is 87.4 Å². The Hall–Kier alpha value is -2.15. The van der Waals surface area contributed by atoms with Crippen molar-refractivity contribution in [2.75, 3.05) is 5.73 Å². The van der Waals surface area contributed by atoms with Gasteiger partial charge in [-0.3, -0.25) is 4.79 Å². The summed E-state index contributed by atoms with van der Waals surface area (Å²) in [5.41, 5.74) is 9.32. The van der Waals surface area contributed by atoms with Crippen LogP contribution < -0.4 is 16.1 Å². The maximum absolute atomic E-state index is 11.5. The van der Waals surface area contributed by atoms with Crippen molar-refractivity contribution in [2.45, 2.75) is 12.3 Å². The third-order valence-electron chi connectivity index (χ3n) is 2.35. The van der Waals surface area contributed by atoms with Gasteiger partial charge >= 0.3 is 0 Å². The smallest absolute Gasteiger partial charge is 0.261 e. The second-order valence-corrected chi connectivity index (χ2v) is 3.29. The molecule has 1 aliphatic rings. The lowest BCUT2D eigenvalue weighted by Gasteiger charge is -2.24. The molecule has 3 N–H and O–H groups in total. The summed E-state index contributed by atoms with van der Waals surface area (Å²) in [6, 6.07) is 5.23. The van der Waals surface area contributed by atoms with Gasteiger partial charge in [-0.25, -0.2) is 0 Å². The molecule has 0 aliphatic carbocycles. The Morgan fingerprint density at radius 2 is 2.40 bits per heavy atom. The van der Waals surface area contributed by atoms with Gasteiger partial charge in [-0.15, -0.1) is 12.3 Å². The van der Waals surface area contributed by atoms with Crippen LogP contribution in [-0.4, -0.2) is 5.91 Å². The number of nitrogen functional groups attached to an aromatic ring is 1. The molecular weight excluding hydrogens is 192 g/mol. The number of amides is 1. The lowest BCUT2D eigenvalue weighted by atomic mass is 9.92. The van der Waals surface area contributed by atoms with Crippen LogP contribution in [0.3, 0.4) is 0 Å². The Bertz CT molecular complexity index is 448. The molecule has 1 aromatic rings. The first-order valence-electron chi connectivity index (χ1n) is 4.52. The zero-order chi connectivity index (χ0) is 10.8. The maximum atomic E-state index is 11.5. The number of rotatable bonds is 1. The van der Waals surface area contributed by atoms with E-state index in [9.17, 15) is 4.79 Å². The van der Waals surface area contributed by atoms with E-state index < -0.39 is 5.92 Å². The average Bonchev–Trinajstić information content (AvgIpc) is 2.23. The fraction of sp³-hybridized carbons (Fsp3) is 0.182. The molecule has 4 heteroatoms. The third kappa shape index (κ3) is 1.48. The van der Waals surface area contributed by atoms with Gasteiger partial charge in [-0.2, -0.15) is 5.48 Å². The summed E-state index contributed by atoms with van der Waals surface area (Å²) in [4.78, 5) is 16.6. The van der Waals surface area contributed by atoms with E-state index in [1.165, 1.54) is 0 Å². The average molecular weight is 202 g/mol. The molecule has 0 spiro atoms. The van der Waals surface area contributed by atoms with Crippen LogP contribution in [0.2, 0.25) is 0 Å². The molecule has 1 unspecified atom stereocenters. The minimum atomic E-state index is -0.417. The fourth-order valence-electron chi connectivity index (χ4n) is 1.64. The monoisotopic (exact) mass is 202 g/mol. The highest BCUT2D eigenvalue weighted by Gasteiger charge is 2.30. The predicted molar refractivity (Wildman–Crippen MR) is 55.8 cm³/mol. The SMILES string of the molecule is C#CCC1C(=O)NOc2cccc(N)c21. The van der Waals surface area contributed by atoms with E-state index >= 15 is 0 Å². The first-order valence-corrected chi connectivity index (χ1v) is 4.52. The first kappa shape index (κ1) is 9.41. The zero-order valence-electron chi connectivity index (χ0n) is 7.99. The molecule has 0 radical (unpaired) electrons. The van der Waals surface area contributed by atoms with Crippen molar-refractivity contribution in [2.24, 2.45) is 0 Å². The van der Waals surface area contributed by atoms with Gasteiger partial charge in [0.2, 0.25) is 0 Å². The Balaban J connectivity index is 2.51. The van der Waals surface area contributed by atoms with Gasteiger partial charge in [0.05, 0.1) is 5.92 Å². The van der Waals surface area contributed by atoms with Crippen molar-refractivity contribution in [3.63, 3.8) is 0 Å². The van der Waals surface area contributed by atoms with Crippen LogP contribution in [0.15, 0.2) is 18.2 Å². The molecule has 0 saturated carbocycles. The van der Waals surface area contributed by atoms with Gasteiger partial charge in [-0.1, -0.05) is 6.07 Å². The number of nitrogens with one attached hydrogen (secondary N) is 1. The molecule has 76 valence electrons. The molecule has 0 aromatic heterocycles. The maximum Gasteiger partial charge on any atom is 0.261 e. The molecule has 2 rings (SSSR count). The summed E-state index contributed by atoms with van der Waals surface area (Å²) in [7, 11) is 0. The molecule has 15 heavy (non-hydrogen) atoms. The van der Waals surface area contributed by atoms with Crippen LogP contribution in [0.1, 0.15) is 17.9 Å². The first-order chi connectivity index (χ1) is 7.24. The topological polar surface area (TPSA) is 64.3 Å². The van der Waals surface area contributed by atoms with E-state index in [-0.39, 0.29) is 5.91 Å². The van der Waals surface area contributed by atoms with E-state index in [4.69, 9.17) is 17.0 Å². The van der Waals surface area contributed by atoms with Crippen LogP contribution in [0, 0.1) is 12.3 Å². The quantitative estimate of drug-likeness (QED) is 0.523. The Morgan fingerprint density at radius 1 is 1.60 bits per heavy atom. The Morgan fingerprint density at radius 3 is 3.13 bits per heavy atom. The number of benzene rings is 1. The summed E-state index contributed by atoms with van der Waals surface area (Å²) in [5, 5.41) is 0. The lowest BCUT2D eigenvalue weighted by Crippen LogP contribution is -2.37. The summed E-state index contributed by atoms with van der Waals surface area (Å²) in [6.07, 6.45) is 5.53. The number of anilines is 1. The third-order valence-corrected chi connectivity index (χ3v) is 2.35. The minimum Gasteiger partial charge on any atom is -0.398 e. The van der Waals surface area contributed by atoms with Crippen molar-refractivity contribution in [3.8, 4) is 18.1 Å². The van der Waals surface area contributed by atoms with Crippen LogP contribution in [0.5, 0.6) is 5.75 Å². The number of carbonyl (C=O) groups is 1. The van der Waals surface area contributed by atoms with E-state index in [0.29, 0.717) is 23.4 Å². The molecule has 1 heterocycles. The minimum absolute atomic E-state index is 0.252. The highest BCUT2D eigenvalue weighted by atomic mass is 16.7. The molecule has 0 fully saturated rings. The van der Waals surface area contributed by atoms with Crippen molar-refractivity contribution in [1.29, 1.82) is 0 Å². The fourth-order valence-corrected chi connectivity index (χ4v) is 1.64. The van der Waals surface area contributed by atoms with Crippen molar-refractivity contribution in [3.05, 3.63) is 23.8 Å². The molecule has 1 amide bonds. The Kier molecular flexibility index (Phi) is 2.22. The second kappa shape index (κ2) is 3.54. The van der Waals surface area contributed by atoms with Crippen molar-refractivity contribution >= 4 is 11.6 Å². The lowest BCUT2D eigenvalue weighted by molar-refractivity contribution is -0.130. The van der Waals surface area contributed by atoms with E-state index in [1.54, 1.807) is 18.2 Å². The normalized spacial score (nSPS) is 18.3. The zero-order valence-corrected chi connectivity index (χ0v) is 7.99. The number of terminal acetylenes is 1. The second-order valence-electron chi connectivity index (χ2n) is 3.29. The van der Waals surface area contributed by atoms with Gasteiger partial charge in [0, 0.05) is 17.7 Å². The number of hydroxylamine groups is 1. The molecule has 0 bridgehead atoms. The summed E-state index contributed by atoms with van der Waals surface area (Å²) in [6.45, 7) is 0. The molecule has 1 atom stereocenters. The molecule has 4 nitrogen and oxygen atoms in total. The van der Waals surface area contributed by atoms with Crippen LogP contribution >= 0.6 is 0 Å². The highest BCUT2D eigenvalue weighted by molar-refractivity contribution is 5.87. The summed E-state index contributed by atoms with van der Waals surface area (Å²) < 4.78 is 0. The number of hydrogen-bond acceptors (Lipinski definition) is 3.